The third kappa shape index (κ3) is 4.47. The lowest BCUT2D eigenvalue weighted by Gasteiger charge is -2.29. The van der Waals surface area contributed by atoms with E-state index in [1.807, 2.05) is 27.7 Å². The molecular formula is C16H25N3O5S. The topological polar surface area (TPSA) is 102 Å². The van der Waals surface area contributed by atoms with Gasteiger partial charge in [-0.3, -0.25) is 10.1 Å². The Morgan fingerprint density at radius 1 is 1.28 bits per heavy atom. The van der Waals surface area contributed by atoms with Crippen molar-refractivity contribution < 1.29 is 18.1 Å². The number of nitrogens with one attached hydrogen (secondary N) is 1. The highest BCUT2D eigenvalue weighted by Gasteiger charge is 2.30. The molecule has 0 aromatic heterocycles. The number of hydrogen-bond donors (Lipinski definition) is 1. The Balaban J connectivity index is 2.37. The highest BCUT2D eigenvalue weighted by Crippen LogP contribution is 2.32. The number of ether oxygens (including phenoxy) is 1. The minimum atomic E-state index is -3.77. The molecule has 2 rings (SSSR count). The molecule has 1 N–H and O–H groups in total. The van der Waals surface area contributed by atoms with Crippen molar-refractivity contribution in [2.75, 3.05) is 31.6 Å². The van der Waals surface area contributed by atoms with Crippen LogP contribution in [0.5, 0.6) is 0 Å². The first-order chi connectivity index (χ1) is 11.5. The number of nitro groups is 1. The van der Waals surface area contributed by atoms with Crippen LogP contribution in [0, 0.1) is 15.5 Å². The van der Waals surface area contributed by atoms with Gasteiger partial charge in [0.05, 0.1) is 23.0 Å². The average Bonchev–Trinajstić information content (AvgIpc) is 2.54. The summed E-state index contributed by atoms with van der Waals surface area (Å²) in [7, 11) is -3.77. The number of rotatable bonds is 5. The van der Waals surface area contributed by atoms with E-state index in [1.165, 1.54) is 16.4 Å². The smallest absolute Gasteiger partial charge is 0.293 e. The lowest BCUT2D eigenvalue weighted by atomic mass is 9.88. The quantitative estimate of drug-likeness (QED) is 0.630. The van der Waals surface area contributed by atoms with Gasteiger partial charge in [-0.25, -0.2) is 8.42 Å². The fraction of sp³-hybridized carbons (Fsp3) is 0.625. The predicted octanol–water partition coefficient (Wildman–Crippen LogP) is 2.46. The van der Waals surface area contributed by atoms with Gasteiger partial charge >= 0.3 is 0 Å². The summed E-state index contributed by atoms with van der Waals surface area (Å²) >= 11 is 0. The van der Waals surface area contributed by atoms with E-state index in [9.17, 15) is 18.5 Å². The van der Waals surface area contributed by atoms with E-state index in [0.29, 0.717) is 18.9 Å². The van der Waals surface area contributed by atoms with E-state index in [2.05, 4.69) is 5.32 Å². The summed E-state index contributed by atoms with van der Waals surface area (Å²) in [6.07, 6.45) is 0. The SMILES string of the molecule is CC(Nc1ccc(S(=O)(=O)N2CCOCC2)cc1[N+](=O)[O-])C(C)(C)C. The molecule has 1 atom stereocenters. The highest BCUT2D eigenvalue weighted by atomic mass is 32.2. The second-order valence-electron chi connectivity index (χ2n) is 7.18. The van der Waals surface area contributed by atoms with Crippen molar-refractivity contribution in [3.05, 3.63) is 28.3 Å². The maximum absolute atomic E-state index is 12.7. The van der Waals surface area contributed by atoms with Crippen LogP contribution in [0.1, 0.15) is 27.7 Å². The van der Waals surface area contributed by atoms with Gasteiger partial charge in [0.25, 0.3) is 5.69 Å². The second-order valence-corrected chi connectivity index (χ2v) is 9.12. The molecule has 8 nitrogen and oxygen atoms in total. The molecule has 1 saturated heterocycles. The maximum atomic E-state index is 12.7. The van der Waals surface area contributed by atoms with Gasteiger partial charge in [0.15, 0.2) is 0 Å². The maximum Gasteiger partial charge on any atom is 0.293 e. The van der Waals surface area contributed by atoms with E-state index in [-0.39, 0.29) is 35.1 Å². The van der Waals surface area contributed by atoms with Crippen molar-refractivity contribution >= 4 is 21.4 Å². The van der Waals surface area contributed by atoms with Crippen LogP contribution in [0.15, 0.2) is 23.1 Å². The zero-order valence-electron chi connectivity index (χ0n) is 15.0. The number of hydrogen-bond acceptors (Lipinski definition) is 6. The van der Waals surface area contributed by atoms with Crippen molar-refractivity contribution in [2.24, 2.45) is 5.41 Å². The molecule has 1 heterocycles. The molecule has 1 fully saturated rings. The molecule has 0 bridgehead atoms. The van der Waals surface area contributed by atoms with Gasteiger partial charge in [-0.2, -0.15) is 4.31 Å². The Morgan fingerprint density at radius 3 is 2.40 bits per heavy atom. The van der Waals surface area contributed by atoms with Crippen LogP contribution in [0.3, 0.4) is 0 Å². The zero-order valence-corrected chi connectivity index (χ0v) is 15.8. The molecule has 0 amide bonds. The van der Waals surface area contributed by atoms with Crippen LogP contribution in [-0.4, -0.2) is 50.0 Å². The Kier molecular flexibility index (Phi) is 5.70. The van der Waals surface area contributed by atoms with Gasteiger partial charge in [-0.1, -0.05) is 20.8 Å². The summed E-state index contributed by atoms with van der Waals surface area (Å²) in [5.41, 5.74) is -0.0364. The summed E-state index contributed by atoms with van der Waals surface area (Å²) in [5.74, 6) is 0. The fourth-order valence-electron chi connectivity index (χ4n) is 2.33. The summed E-state index contributed by atoms with van der Waals surface area (Å²) in [6, 6.07) is 3.97. The van der Waals surface area contributed by atoms with Crippen molar-refractivity contribution in [1.29, 1.82) is 0 Å². The number of benzene rings is 1. The standard InChI is InChI=1S/C16H25N3O5S/c1-12(16(2,3)4)17-14-6-5-13(11-15(14)19(20)21)25(22,23)18-7-9-24-10-8-18/h5-6,11-12,17H,7-10H2,1-4H3. The van der Waals surface area contributed by atoms with Crippen molar-refractivity contribution in [2.45, 2.75) is 38.6 Å². The number of morpholine rings is 1. The van der Waals surface area contributed by atoms with Gasteiger partial charge in [-0.05, 0) is 24.5 Å². The Labute approximate surface area is 148 Å². The zero-order chi connectivity index (χ0) is 18.8. The van der Waals surface area contributed by atoms with Crippen LogP contribution in [0.4, 0.5) is 11.4 Å². The van der Waals surface area contributed by atoms with E-state index in [4.69, 9.17) is 4.74 Å². The first-order valence-corrected chi connectivity index (χ1v) is 9.60. The fourth-order valence-corrected chi connectivity index (χ4v) is 3.76. The molecule has 140 valence electrons. The van der Waals surface area contributed by atoms with E-state index >= 15 is 0 Å². The van der Waals surface area contributed by atoms with E-state index in [1.54, 1.807) is 0 Å². The molecule has 1 aliphatic rings. The predicted molar refractivity (Wildman–Crippen MR) is 95.2 cm³/mol. The van der Waals surface area contributed by atoms with Crippen molar-refractivity contribution in [3.63, 3.8) is 0 Å². The molecule has 1 aromatic rings. The Bertz CT molecular complexity index is 737. The van der Waals surface area contributed by atoms with Gasteiger partial charge in [0, 0.05) is 25.2 Å². The van der Waals surface area contributed by atoms with Crippen LogP contribution >= 0.6 is 0 Å². The number of anilines is 1. The van der Waals surface area contributed by atoms with E-state index < -0.39 is 14.9 Å². The molecule has 0 radical (unpaired) electrons. The summed E-state index contributed by atoms with van der Waals surface area (Å²) in [4.78, 5) is 10.8. The van der Waals surface area contributed by atoms with Crippen LogP contribution in [0.2, 0.25) is 0 Å². The van der Waals surface area contributed by atoms with Gasteiger partial charge in [-0.15, -0.1) is 0 Å². The lowest BCUT2D eigenvalue weighted by Crippen LogP contribution is -2.40. The summed E-state index contributed by atoms with van der Waals surface area (Å²) in [5, 5.41) is 14.6. The minimum Gasteiger partial charge on any atom is -0.379 e. The summed E-state index contributed by atoms with van der Waals surface area (Å²) < 4.78 is 31.8. The normalized spacial score (nSPS) is 17.9. The first kappa shape index (κ1) is 19.6. The molecule has 25 heavy (non-hydrogen) atoms. The van der Waals surface area contributed by atoms with Crippen LogP contribution in [0.25, 0.3) is 0 Å². The number of sulfonamides is 1. The van der Waals surface area contributed by atoms with Gasteiger partial charge in [0.2, 0.25) is 10.0 Å². The van der Waals surface area contributed by atoms with E-state index in [0.717, 1.165) is 6.07 Å². The summed E-state index contributed by atoms with van der Waals surface area (Å²) in [6.45, 7) is 9.14. The third-order valence-corrected chi connectivity index (χ3v) is 6.34. The lowest BCUT2D eigenvalue weighted by molar-refractivity contribution is -0.384. The average molecular weight is 371 g/mol. The molecule has 0 aliphatic carbocycles. The monoisotopic (exact) mass is 371 g/mol. The molecule has 0 spiro atoms. The third-order valence-electron chi connectivity index (χ3n) is 4.44. The van der Waals surface area contributed by atoms with Gasteiger partial charge in [0.1, 0.15) is 5.69 Å². The molecule has 9 heteroatoms. The largest absolute Gasteiger partial charge is 0.379 e. The van der Waals surface area contributed by atoms with Crippen molar-refractivity contribution in [3.8, 4) is 0 Å². The van der Waals surface area contributed by atoms with Crippen LogP contribution in [-0.2, 0) is 14.8 Å². The van der Waals surface area contributed by atoms with Gasteiger partial charge < -0.3 is 10.1 Å². The number of nitrogens with zero attached hydrogens (tertiary/aromatic N) is 2. The first-order valence-electron chi connectivity index (χ1n) is 8.16. The highest BCUT2D eigenvalue weighted by molar-refractivity contribution is 7.89. The van der Waals surface area contributed by atoms with Crippen LogP contribution < -0.4 is 5.32 Å². The molecule has 1 aromatic carbocycles. The minimum absolute atomic E-state index is 0.0344. The molecule has 0 saturated carbocycles. The molecule has 1 unspecified atom stereocenters. The second kappa shape index (κ2) is 7.27. The van der Waals surface area contributed by atoms with Crippen molar-refractivity contribution in [1.82, 2.24) is 4.31 Å². The number of nitro benzene ring substituents is 1. The molecular weight excluding hydrogens is 346 g/mol. The Morgan fingerprint density at radius 2 is 1.88 bits per heavy atom. The molecule has 1 aliphatic heterocycles. The Hall–Kier alpha value is -1.71.